The minimum absolute atomic E-state index is 0.118. The van der Waals surface area contributed by atoms with Gasteiger partial charge in [0.15, 0.2) is 11.5 Å². The number of likely N-dealkylation sites (N-methyl/N-ethyl adjacent to an activating group) is 1. The Bertz CT molecular complexity index is 692. The summed E-state index contributed by atoms with van der Waals surface area (Å²) >= 11 is 0. The van der Waals surface area contributed by atoms with Crippen molar-refractivity contribution in [1.82, 2.24) is 20.0 Å². The van der Waals surface area contributed by atoms with E-state index in [0.717, 1.165) is 56.2 Å². The molecule has 2 fully saturated rings. The highest BCUT2D eigenvalue weighted by Crippen LogP contribution is 2.47. The Balaban J connectivity index is 1.86. The zero-order valence-corrected chi connectivity index (χ0v) is 16.4. The highest BCUT2D eigenvalue weighted by Gasteiger charge is 2.55. The highest BCUT2D eigenvalue weighted by molar-refractivity contribution is 5.79. The molecule has 3 aliphatic heterocycles. The van der Waals surface area contributed by atoms with E-state index in [1.807, 2.05) is 21.9 Å². The maximum atomic E-state index is 13.3. The number of hydrogen-bond donors (Lipinski definition) is 1. The summed E-state index contributed by atoms with van der Waals surface area (Å²) in [5, 5.41) is 3.43. The zero-order chi connectivity index (χ0) is 18.9. The number of carbonyl (C=O) groups excluding carboxylic acids is 1. The Labute approximate surface area is 161 Å². The van der Waals surface area contributed by atoms with Gasteiger partial charge in [-0.05, 0) is 19.4 Å². The summed E-state index contributed by atoms with van der Waals surface area (Å²) in [5.74, 6) is 1.58. The maximum Gasteiger partial charge on any atom is 0.321 e. The molecule has 1 atom stereocenters. The van der Waals surface area contributed by atoms with Gasteiger partial charge in [0.2, 0.25) is 0 Å². The number of para-hydroxylation sites is 1. The van der Waals surface area contributed by atoms with E-state index in [1.54, 1.807) is 0 Å². The van der Waals surface area contributed by atoms with Gasteiger partial charge in [0.25, 0.3) is 0 Å². The lowest BCUT2D eigenvalue weighted by Crippen LogP contribution is -2.62. The van der Waals surface area contributed by atoms with Crippen LogP contribution in [0.25, 0.3) is 0 Å². The van der Waals surface area contributed by atoms with Crippen molar-refractivity contribution in [3.63, 3.8) is 0 Å². The van der Waals surface area contributed by atoms with Crippen molar-refractivity contribution in [2.45, 2.75) is 25.9 Å². The largest absolute Gasteiger partial charge is 0.486 e. The van der Waals surface area contributed by atoms with Crippen LogP contribution in [0.1, 0.15) is 25.8 Å². The van der Waals surface area contributed by atoms with Crippen molar-refractivity contribution in [2.24, 2.45) is 0 Å². The van der Waals surface area contributed by atoms with Gasteiger partial charge < -0.3 is 24.6 Å². The van der Waals surface area contributed by atoms with Gasteiger partial charge in [0, 0.05) is 44.8 Å². The molecule has 4 rings (SSSR count). The number of nitrogens with zero attached hydrogens (tertiary/aromatic N) is 3. The van der Waals surface area contributed by atoms with E-state index in [0.29, 0.717) is 26.3 Å². The normalized spacial score (nSPS) is 25.9. The summed E-state index contributed by atoms with van der Waals surface area (Å²) < 4.78 is 11.9. The second kappa shape index (κ2) is 7.56. The van der Waals surface area contributed by atoms with E-state index in [2.05, 4.69) is 30.1 Å². The third-order valence-corrected chi connectivity index (χ3v) is 5.81. The standard InChI is InChI=1S/C20H30N4O3/c1-3-10-22-15-20(24(4-2)19(22)25,23-11-8-21-9-12-23)16-6-5-7-17-18(16)27-14-13-26-17/h5-7,21H,3-4,8-15H2,1-2H3. The molecular formula is C20H30N4O3. The van der Waals surface area contributed by atoms with Crippen LogP contribution in [0.3, 0.4) is 0 Å². The molecule has 0 bridgehead atoms. The van der Waals surface area contributed by atoms with Gasteiger partial charge in [-0.2, -0.15) is 0 Å². The fourth-order valence-corrected chi connectivity index (χ4v) is 4.68. The summed E-state index contributed by atoms with van der Waals surface area (Å²) in [6.45, 7) is 11.0. The van der Waals surface area contributed by atoms with Gasteiger partial charge >= 0.3 is 6.03 Å². The number of hydrogen-bond acceptors (Lipinski definition) is 5. The number of piperazine rings is 1. The molecule has 0 spiro atoms. The molecule has 0 aliphatic carbocycles. The van der Waals surface area contributed by atoms with E-state index >= 15 is 0 Å². The van der Waals surface area contributed by atoms with E-state index in [-0.39, 0.29) is 6.03 Å². The highest BCUT2D eigenvalue weighted by atomic mass is 16.6. The Kier molecular flexibility index (Phi) is 5.14. The molecule has 2 amide bonds. The predicted molar refractivity (Wildman–Crippen MR) is 103 cm³/mol. The minimum atomic E-state index is -0.519. The molecule has 1 unspecified atom stereocenters. The number of fused-ring (bicyclic) bond motifs is 1. The first-order valence-electron chi connectivity index (χ1n) is 10.1. The molecule has 3 heterocycles. The third-order valence-electron chi connectivity index (χ3n) is 5.81. The van der Waals surface area contributed by atoms with Crippen molar-refractivity contribution >= 4 is 6.03 Å². The van der Waals surface area contributed by atoms with Crippen LogP contribution in [0, 0.1) is 0 Å². The van der Waals surface area contributed by atoms with E-state index < -0.39 is 5.66 Å². The summed E-state index contributed by atoms with van der Waals surface area (Å²) in [7, 11) is 0. The first-order valence-corrected chi connectivity index (χ1v) is 10.1. The molecule has 148 valence electrons. The van der Waals surface area contributed by atoms with Crippen molar-refractivity contribution in [1.29, 1.82) is 0 Å². The first kappa shape index (κ1) is 18.4. The first-order chi connectivity index (χ1) is 13.2. The summed E-state index contributed by atoms with van der Waals surface area (Å²) in [6.07, 6.45) is 0.952. The molecular weight excluding hydrogens is 344 g/mol. The Morgan fingerprint density at radius 3 is 2.67 bits per heavy atom. The van der Waals surface area contributed by atoms with Crippen LogP contribution in [0.15, 0.2) is 18.2 Å². The molecule has 27 heavy (non-hydrogen) atoms. The maximum absolute atomic E-state index is 13.3. The van der Waals surface area contributed by atoms with Crippen LogP contribution in [0.2, 0.25) is 0 Å². The molecule has 0 radical (unpaired) electrons. The van der Waals surface area contributed by atoms with Gasteiger partial charge in [-0.3, -0.25) is 4.90 Å². The average Bonchev–Trinajstić information content (AvgIpc) is 3.01. The van der Waals surface area contributed by atoms with Crippen LogP contribution in [-0.2, 0) is 5.66 Å². The SMILES string of the molecule is CCCN1CC(c2cccc3c2OCCO3)(N2CCNCC2)N(CC)C1=O. The molecule has 7 heteroatoms. The summed E-state index contributed by atoms with van der Waals surface area (Å²) in [4.78, 5) is 19.7. The average molecular weight is 374 g/mol. The van der Waals surface area contributed by atoms with E-state index in [4.69, 9.17) is 9.47 Å². The van der Waals surface area contributed by atoms with E-state index in [9.17, 15) is 4.79 Å². The molecule has 0 saturated carbocycles. The number of urea groups is 1. The minimum Gasteiger partial charge on any atom is -0.486 e. The Hall–Kier alpha value is -1.99. The van der Waals surface area contributed by atoms with Gasteiger partial charge in [0.05, 0.1) is 6.54 Å². The third kappa shape index (κ3) is 2.93. The predicted octanol–water partition coefficient (Wildman–Crippen LogP) is 1.68. The van der Waals surface area contributed by atoms with Gasteiger partial charge in [-0.1, -0.05) is 19.1 Å². The molecule has 1 aromatic rings. The number of amides is 2. The second-order valence-corrected chi connectivity index (χ2v) is 7.33. The quantitative estimate of drug-likeness (QED) is 0.850. The number of benzene rings is 1. The fourth-order valence-electron chi connectivity index (χ4n) is 4.68. The fraction of sp³-hybridized carbons (Fsp3) is 0.650. The monoisotopic (exact) mass is 374 g/mol. The lowest BCUT2D eigenvalue weighted by Gasteiger charge is -2.48. The van der Waals surface area contributed by atoms with Gasteiger partial charge in [-0.25, -0.2) is 4.79 Å². The molecule has 0 aromatic heterocycles. The molecule has 1 aromatic carbocycles. The van der Waals surface area contributed by atoms with Crippen LogP contribution < -0.4 is 14.8 Å². The lowest BCUT2D eigenvalue weighted by molar-refractivity contribution is -0.0216. The van der Waals surface area contributed by atoms with Crippen molar-refractivity contribution < 1.29 is 14.3 Å². The summed E-state index contributed by atoms with van der Waals surface area (Å²) in [5.41, 5.74) is 0.533. The van der Waals surface area contributed by atoms with Crippen LogP contribution in [-0.4, -0.2) is 79.8 Å². The van der Waals surface area contributed by atoms with Gasteiger partial charge in [-0.15, -0.1) is 0 Å². The van der Waals surface area contributed by atoms with Crippen LogP contribution in [0.4, 0.5) is 4.79 Å². The van der Waals surface area contributed by atoms with Crippen LogP contribution >= 0.6 is 0 Å². The number of carbonyl (C=O) groups is 1. The van der Waals surface area contributed by atoms with Crippen molar-refractivity contribution in [2.75, 3.05) is 59.0 Å². The van der Waals surface area contributed by atoms with Crippen molar-refractivity contribution in [3.8, 4) is 11.5 Å². The number of rotatable bonds is 5. The molecule has 2 saturated heterocycles. The number of nitrogens with one attached hydrogen (secondary N) is 1. The van der Waals surface area contributed by atoms with Crippen LogP contribution in [0.5, 0.6) is 11.5 Å². The smallest absolute Gasteiger partial charge is 0.321 e. The van der Waals surface area contributed by atoms with E-state index in [1.165, 1.54) is 0 Å². The Morgan fingerprint density at radius 1 is 1.15 bits per heavy atom. The Morgan fingerprint density at radius 2 is 1.93 bits per heavy atom. The van der Waals surface area contributed by atoms with Crippen molar-refractivity contribution in [3.05, 3.63) is 23.8 Å². The molecule has 7 nitrogen and oxygen atoms in total. The lowest BCUT2D eigenvalue weighted by atomic mass is 9.93. The zero-order valence-electron chi connectivity index (χ0n) is 16.4. The summed E-state index contributed by atoms with van der Waals surface area (Å²) in [6, 6.07) is 6.21. The second-order valence-electron chi connectivity index (χ2n) is 7.33. The number of ether oxygens (including phenoxy) is 2. The topological polar surface area (TPSA) is 57.3 Å². The molecule has 3 aliphatic rings. The van der Waals surface area contributed by atoms with Gasteiger partial charge in [0.1, 0.15) is 18.9 Å². The molecule has 1 N–H and O–H groups in total.